The van der Waals surface area contributed by atoms with Crippen molar-refractivity contribution in [1.29, 1.82) is 0 Å². The summed E-state index contributed by atoms with van der Waals surface area (Å²) >= 11 is 0. The molecule has 2 aromatic carbocycles. The number of nitrogens with zero attached hydrogens (tertiary/aromatic N) is 1. The number of hydrogen-bond donors (Lipinski definition) is 2. The zero-order chi connectivity index (χ0) is 19.4. The van der Waals surface area contributed by atoms with E-state index in [1.807, 2.05) is 73.3 Å². The first-order chi connectivity index (χ1) is 12.9. The molecule has 1 aliphatic rings. The van der Waals surface area contributed by atoms with Crippen molar-refractivity contribution in [2.75, 3.05) is 13.1 Å². The zero-order valence-corrected chi connectivity index (χ0v) is 15.8. The van der Waals surface area contributed by atoms with Crippen LogP contribution in [0.5, 0.6) is 5.75 Å². The van der Waals surface area contributed by atoms with Crippen LogP contribution >= 0.6 is 0 Å². The third-order valence-electron chi connectivity index (χ3n) is 5.11. The Morgan fingerprint density at radius 2 is 1.63 bits per heavy atom. The van der Waals surface area contributed by atoms with E-state index < -0.39 is 17.6 Å². The van der Waals surface area contributed by atoms with Gasteiger partial charge in [-0.05, 0) is 38.3 Å². The van der Waals surface area contributed by atoms with Crippen molar-refractivity contribution >= 4 is 5.97 Å². The number of aliphatic carboxylic acids is 1. The summed E-state index contributed by atoms with van der Waals surface area (Å²) in [6, 6.07) is 16.1. The Morgan fingerprint density at radius 3 is 2.22 bits per heavy atom. The number of aliphatic hydroxyl groups is 1. The van der Waals surface area contributed by atoms with Gasteiger partial charge in [0.05, 0.1) is 11.7 Å². The fourth-order valence-electron chi connectivity index (χ4n) is 3.74. The Kier molecular flexibility index (Phi) is 5.82. The molecule has 1 unspecified atom stereocenters. The molecule has 3 rings (SSSR count). The maximum absolute atomic E-state index is 12.1. The van der Waals surface area contributed by atoms with Crippen molar-refractivity contribution in [3.05, 3.63) is 65.7 Å². The number of carboxylic acids is 1. The first-order valence-corrected chi connectivity index (χ1v) is 9.41. The van der Waals surface area contributed by atoms with Crippen LogP contribution in [-0.2, 0) is 10.4 Å². The lowest BCUT2D eigenvalue weighted by Crippen LogP contribution is -2.46. The Labute approximate surface area is 160 Å². The standard InChI is InChI=1S/C22H27NO4/c1-16(2)27-19-11-7-6-10-18(19)20(21(24)25)23-14-12-22(26,13-15-23)17-8-4-3-5-9-17/h3-11,16,20,26H,12-15H2,1-2H3,(H,24,25). The van der Waals surface area contributed by atoms with Crippen molar-refractivity contribution in [2.24, 2.45) is 0 Å². The van der Waals surface area contributed by atoms with E-state index in [9.17, 15) is 15.0 Å². The molecule has 0 saturated carbocycles. The normalized spacial score (nSPS) is 18.2. The molecule has 5 nitrogen and oxygen atoms in total. The number of rotatable bonds is 6. The van der Waals surface area contributed by atoms with E-state index in [-0.39, 0.29) is 6.10 Å². The number of carbonyl (C=O) groups is 1. The molecular weight excluding hydrogens is 342 g/mol. The number of ether oxygens (including phenoxy) is 1. The first kappa shape index (κ1) is 19.4. The zero-order valence-electron chi connectivity index (χ0n) is 15.8. The Bertz CT molecular complexity index is 767. The number of hydrogen-bond acceptors (Lipinski definition) is 4. The molecule has 27 heavy (non-hydrogen) atoms. The van der Waals surface area contributed by atoms with Crippen LogP contribution in [0.1, 0.15) is 43.9 Å². The molecule has 1 saturated heterocycles. The molecule has 0 aromatic heterocycles. The summed E-state index contributed by atoms with van der Waals surface area (Å²) in [7, 11) is 0. The molecule has 1 aliphatic heterocycles. The van der Waals surface area contributed by atoms with Gasteiger partial charge in [0.1, 0.15) is 11.8 Å². The highest BCUT2D eigenvalue weighted by Gasteiger charge is 2.39. The van der Waals surface area contributed by atoms with Crippen molar-refractivity contribution in [3.63, 3.8) is 0 Å². The summed E-state index contributed by atoms with van der Waals surface area (Å²) in [5.74, 6) is -0.302. The van der Waals surface area contributed by atoms with Gasteiger partial charge in [0, 0.05) is 18.7 Å². The van der Waals surface area contributed by atoms with Gasteiger partial charge in [0.25, 0.3) is 0 Å². The van der Waals surface area contributed by atoms with Crippen LogP contribution in [0.2, 0.25) is 0 Å². The topological polar surface area (TPSA) is 70.0 Å². The first-order valence-electron chi connectivity index (χ1n) is 9.41. The number of likely N-dealkylation sites (tertiary alicyclic amines) is 1. The Morgan fingerprint density at radius 1 is 1.04 bits per heavy atom. The maximum atomic E-state index is 12.1. The highest BCUT2D eigenvalue weighted by atomic mass is 16.5. The SMILES string of the molecule is CC(C)Oc1ccccc1C(C(=O)O)N1CCC(O)(c2ccccc2)CC1. The second kappa shape index (κ2) is 8.11. The average molecular weight is 369 g/mol. The highest BCUT2D eigenvalue weighted by molar-refractivity contribution is 5.76. The van der Waals surface area contributed by atoms with Gasteiger partial charge in [-0.1, -0.05) is 48.5 Å². The fourth-order valence-corrected chi connectivity index (χ4v) is 3.74. The van der Waals surface area contributed by atoms with Crippen molar-refractivity contribution in [1.82, 2.24) is 4.90 Å². The molecule has 0 bridgehead atoms. The minimum atomic E-state index is -0.908. The Hall–Kier alpha value is -2.37. The van der Waals surface area contributed by atoms with Crippen molar-refractivity contribution in [2.45, 2.75) is 44.4 Å². The van der Waals surface area contributed by atoms with Gasteiger partial charge in [-0.3, -0.25) is 9.69 Å². The molecule has 1 fully saturated rings. The monoisotopic (exact) mass is 369 g/mol. The van der Waals surface area contributed by atoms with Crippen LogP contribution in [0.15, 0.2) is 54.6 Å². The molecule has 0 amide bonds. The summed E-state index contributed by atoms with van der Waals surface area (Å²) in [4.78, 5) is 14.0. The van der Waals surface area contributed by atoms with Gasteiger partial charge >= 0.3 is 5.97 Å². The van der Waals surface area contributed by atoms with Gasteiger partial charge in [0.2, 0.25) is 0 Å². The van der Waals surface area contributed by atoms with Crippen LogP contribution in [0.3, 0.4) is 0 Å². The quantitative estimate of drug-likeness (QED) is 0.814. The predicted molar refractivity (Wildman–Crippen MR) is 104 cm³/mol. The minimum Gasteiger partial charge on any atom is -0.491 e. The van der Waals surface area contributed by atoms with Gasteiger partial charge < -0.3 is 14.9 Å². The molecule has 2 N–H and O–H groups in total. The average Bonchev–Trinajstić information content (AvgIpc) is 2.65. The molecule has 0 spiro atoms. The van der Waals surface area contributed by atoms with Gasteiger partial charge in [-0.15, -0.1) is 0 Å². The lowest BCUT2D eigenvalue weighted by atomic mass is 9.83. The molecular formula is C22H27NO4. The summed E-state index contributed by atoms with van der Waals surface area (Å²) in [5.41, 5.74) is 0.637. The largest absolute Gasteiger partial charge is 0.491 e. The molecule has 0 aliphatic carbocycles. The van der Waals surface area contributed by atoms with Crippen LogP contribution < -0.4 is 4.74 Å². The molecule has 5 heteroatoms. The van der Waals surface area contributed by atoms with Crippen LogP contribution in [0.25, 0.3) is 0 Å². The van der Waals surface area contributed by atoms with Crippen molar-refractivity contribution < 1.29 is 19.7 Å². The van der Waals surface area contributed by atoms with Crippen LogP contribution in [0.4, 0.5) is 0 Å². The number of benzene rings is 2. The predicted octanol–water partition coefficient (Wildman–Crippen LogP) is 3.58. The van der Waals surface area contributed by atoms with Crippen molar-refractivity contribution in [3.8, 4) is 5.75 Å². The van der Waals surface area contributed by atoms with E-state index in [1.54, 1.807) is 0 Å². The third-order valence-corrected chi connectivity index (χ3v) is 5.11. The highest BCUT2D eigenvalue weighted by Crippen LogP contribution is 2.37. The summed E-state index contributed by atoms with van der Waals surface area (Å²) in [6.07, 6.45) is 0.951. The minimum absolute atomic E-state index is 0.0369. The lowest BCUT2D eigenvalue weighted by molar-refractivity contribution is -0.146. The molecule has 1 heterocycles. The number of piperidine rings is 1. The van der Waals surface area contributed by atoms with Gasteiger partial charge in [-0.2, -0.15) is 0 Å². The second-order valence-electron chi connectivity index (χ2n) is 7.38. The smallest absolute Gasteiger partial charge is 0.325 e. The van der Waals surface area contributed by atoms with Gasteiger partial charge in [0.15, 0.2) is 0 Å². The molecule has 0 radical (unpaired) electrons. The molecule has 2 aromatic rings. The van der Waals surface area contributed by atoms with E-state index in [1.165, 1.54) is 0 Å². The fraction of sp³-hybridized carbons (Fsp3) is 0.409. The lowest BCUT2D eigenvalue weighted by Gasteiger charge is -2.41. The number of para-hydroxylation sites is 1. The van der Waals surface area contributed by atoms with Gasteiger partial charge in [-0.25, -0.2) is 0 Å². The van der Waals surface area contributed by atoms with E-state index in [4.69, 9.17) is 4.74 Å². The maximum Gasteiger partial charge on any atom is 0.325 e. The second-order valence-corrected chi connectivity index (χ2v) is 7.38. The third kappa shape index (κ3) is 4.31. The van der Waals surface area contributed by atoms with E-state index in [2.05, 4.69) is 0 Å². The summed E-state index contributed by atoms with van der Waals surface area (Å²) < 4.78 is 5.84. The van der Waals surface area contributed by atoms with E-state index >= 15 is 0 Å². The van der Waals surface area contributed by atoms with Crippen LogP contribution in [-0.4, -0.2) is 40.3 Å². The molecule has 1 atom stereocenters. The number of carboxylic acid groups (broad SMARTS) is 1. The summed E-state index contributed by atoms with van der Waals surface area (Å²) in [6.45, 7) is 4.84. The van der Waals surface area contributed by atoms with E-state index in [0.29, 0.717) is 37.2 Å². The van der Waals surface area contributed by atoms with Crippen LogP contribution in [0, 0.1) is 0 Å². The molecule has 144 valence electrons. The Balaban J connectivity index is 1.82. The summed E-state index contributed by atoms with van der Waals surface area (Å²) in [5, 5.41) is 21.0. The van der Waals surface area contributed by atoms with E-state index in [0.717, 1.165) is 5.56 Å².